The van der Waals surface area contributed by atoms with Gasteiger partial charge in [-0.05, 0) is 62.4 Å². The average Bonchev–Trinajstić information content (AvgIpc) is 3.26. The molecule has 4 rings (SSSR count). The van der Waals surface area contributed by atoms with Crippen LogP contribution in [0.5, 0.6) is 11.5 Å². The molecule has 0 radical (unpaired) electrons. The van der Waals surface area contributed by atoms with E-state index in [9.17, 15) is 4.79 Å². The Hall–Kier alpha value is -3.43. The van der Waals surface area contributed by atoms with Crippen molar-refractivity contribution in [2.45, 2.75) is 18.9 Å². The zero-order chi connectivity index (χ0) is 23.9. The highest BCUT2D eigenvalue weighted by Gasteiger charge is 2.14. The Balaban J connectivity index is 1.36. The van der Waals surface area contributed by atoms with E-state index in [2.05, 4.69) is 15.5 Å². The van der Waals surface area contributed by atoms with E-state index in [1.54, 1.807) is 18.4 Å². The molecule has 0 aliphatic carbocycles. The number of hydrogen-bond donors (Lipinski definition) is 1. The maximum atomic E-state index is 12.3. The Labute approximate surface area is 206 Å². The predicted molar refractivity (Wildman–Crippen MR) is 137 cm³/mol. The summed E-state index contributed by atoms with van der Waals surface area (Å²) in [5, 5.41) is 13.1. The summed E-state index contributed by atoms with van der Waals surface area (Å²) in [4.78, 5) is 18.0. The summed E-state index contributed by atoms with van der Waals surface area (Å²) in [6.45, 7) is 4.50. The normalized spacial score (nSPS) is 10.7. The molecule has 2 heterocycles. The number of amides is 1. The molecular weight excluding hydrogens is 468 g/mol. The first-order valence-electron chi connectivity index (χ1n) is 10.7. The van der Waals surface area contributed by atoms with Crippen LogP contribution < -0.4 is 14.8 Å². The monoisotopic (exact) mass is 492 g/mol. The Morgan fingerprint density at radius 3 is 2.59 bits per heavy atom. The molecule has 0 aliphatic rings. The van der Waals surface area contributed by atoms with Crippen molar-refractivity contribution in [3.8, 4) is 32.6 Å². The highest BCUT2D eigenvalue weighted by Crippen LogP contribution is 2.35. The van der Waals surface area contributed by atoms with Gasteiger partial charge in [0, 0.05) is 11.3 Å². The van der Waals surface area contributed by atoms with Gasteiger partial charge in [-0.2, -0.15) is 0 Å². The SMILES string of the molecule is CCOc1ccc(NC(=O)CSc2ccc(-c3sc(-c4cccc(OC)c4)nc3C)nn2)cc1. The van der Waals surface area contributed by atoms with Crippen LogP contribution in [0.15, 0.2) is 65.7 Å². The molecule has 1 N–H and O–H groups in total. The zero-order valence-electron chi connectivity index (χ0n) is 19.1. The van der Waals surface area contributed by atoms with Crippen LogP contribution in [0.2, 0.25) is 0 Å². The van der Waals surface area contributed by atoms with Gasteiger partial charge in [-0.1, -0.05) is 23.9 Å². The summed E-state index contributed by atoms with van der Waals surface area (Å²) in [5.41, 5.74) is 3.37. The van der Waals surface area contributed by atoms with Crippen molar-refractivity contribution >= 4 is 34.7 Å². The van der Waals surface area contributed by atoms with E-state index in [1.165, 1.54) is 11.8 Å². The van der Waals surface area contributed by atoms with Crippen LogP contribution in [-0.4, -0.2) is 40.6 Å². The molecule has 0 unspecified atom stereocenters. The van der Waals surface area contributed by atoms with E-state index in [4.69, 9.17) is 14.5 Å². The van der Waals surface area contributed by atoms with Crippen molar-refractivity contribution in [2.24, 2.45) is 0 Å². The summed E-state index contributed by atoms with van der Waals surface area (Å²) in [6, 6.07) is 18.9. The molecular formula is C25H24N4O3S2. The third-order valence-corrected chi connectivity index (χ3v) is 6.94. The van der Waals surface area contributed by atoms with Crippen molar-refractivity contribution < 1.29 is 14.3 Å². The summed E-state index contributed by atoms with van der Waals surface area (Å²) < 4.78 is 10.7. The first-order valence-corrected chi connectivity index (χ1v) is 12.5. The van der Waals surface area contributed by atoms with Crippen LogP contribution in [0.25, 0.3) is 21.1 Å². The zero-order valence-corrected chi connectivity index (χ0v) is 20.7. The first-order chi connectivity index (χ1) is 16.6. The van der Waals surface area contributed by atoms with Gasteiger partial charge in [-0.3, -0.25) is 4.79 Å². The van der Waals surface area contributed by atoms with Crippen molar-refractivity contribution in [2.75, 3.05) is 24.8 Å². The second-order valence-electron chi connectivity index (χ2n) is 7.22. The second-order valence-corrected chi connectivity index (χ2v) is 9.21. The number of methoxy groups -OCH3 is 1. The minimum absolute atomic E-state index is 0.110. The number of anilines is 1. The van der Waals surface area contributed by atoms with E-state index in [1.807, 2.05) is 74.5 Å². The number of nitrogens with zero attached hydrogens (tertiary/aromatic N) is 3. The van der Waals surface area contributed by atoms with E-state index < -0.39 is 0 Å². The Morgan fingerprint density at radius 1 is 1.06 bits per heavy atom. The second kappa shape index (κ2) is 11.1. The number of rotatable bonds is 9. The highest BCUT2D eigenvalue weighted by atomic mass is 32.2. The molecule has 0 atom stereocenters. The maximum absolute atomic E-state index is 12.3. The molecule has 0 fully saturated rings. The topological polar surface area (TPSA) is 86.2 Å². The Morgan fingerprint density at radius 2 is 1.88 bits per heavy atom. The molecule has 1 amide bonds. The van der Waals surface area contributed by atoms with E-state index >= 15 is 0 Å². The smallest absolute Gasteiger partial charge is 0.234 e. The van der Waals surface area contributed by atoms with Crippen molar-refractivity contribution in [1.82, 2.24) is 15.2 Å². The van der Waals surface area contributed by atoms with Gasteiger partial charge in [0.05, 0.1) is 30.0 Å². The fourth-order valence-corrected chi connectivity index (χ4v) is 4.81. The summed E-state index contributed by atoms with van der Waals surface area (Å²) >= 11 is 2.90. The molecule has 9 heteroatoms. The number of thioether (sulfide) groups is 1. The lowest BCUT2D eigenvalue weighted by Crippen LogP contribution is -2.14. The van der Waals surface area contributed by atoms with Crippen LogP contribution in [0.4, 0.5) is 5.69 Å². The van der Waals surface area contributed by atoms with Gasteiger partial charge in [-0.25, -0.2) is 4.98 Å². The van der Waals surface area contributed by atoms with Gasteiger partial charge in [-0.15, -0.1) is 21.5 Å². The number of carbonyl (C=O) groups excluding carboxylic acids is 1. The van der Waals surface area contributed by atoms with Crippen LogP contribution in [-0.2, 0) is 4.79 Å². The average molecular weight is 493 g/mol. The molecule has 34 heavy (non-hydrogen) atoms. The molecule has 0 aliphatic heterocycles. The lowest BCUT2D eigenvalue weighted by molar-refractivity contribution is -0.113. The Kier molecular flexibility index (Phi) is 7.76. The van der Waals surface area contributed by atoms with Crippen molar-refractivity contribution in [3.63, 3.8) is 0 Å². The molecule has 4 aromatic rings. The summed E-state index contributed by atoms with van der Waals surface area (Å²) in [6.07, 6.45) is 0. The molecule has 0 spiro atoms. The maximum Gasteiger partial charge on any atom is 0.234 e. The number of nitrogens with one attached hydrogen (secondary N) is 1. The van der Waals surface area contributed by atoms with Crippen molar-refractivity contribution in [1.29, 1.82) is 0 Å². The van der Waals surface area contributed by atoms with Gasteiger partial charge < -0.3 is 14.8 Å². The van der Waals surface area contributed by atoms with Gasteiger partial charge in [0.1, 0.15) is 27.2 Å². The first kappa shape index (κ1) is 23.7. The van der Waals surface area contributed by atoms with E-state index in [-0.39, 0.29) is 11.7 Å². The van der Waals surface area contributed by atoms with E-state index in [0.717, 1.165) is 44.0 Å². The molecule has 0 saturated carbocycles. The molecule has 2 aromatic heterocycles. The predicted octanol–water partition coefficient (Wildman–Crippen LogP) is 5.71. The molecule has 0 saturated heterocycles. The number of aromatic nitrogens is 3. The van der Waals surface area contributed by atoms with E-state index in [0.29, 0.717) is 11.6 Å². The van der Waals surface area contributed by atoms with Crippen LogP contribution in [0.3, 0.4) is 0 Å². The van der Waals surface area contributed by atoms with Crippen LogP contribution in [0.1, 0.15) is 12.6 Å². The number of benzene rings is 2. The number of aryl methyl sites for hydroxylation is 1. The number of carbonyl (C=O) groups is 1. The fourth-order valence-electron chi connectivity index (χ4n) is 3.17. The molecule has 2 aromatic carbocycles. The number of thiazole rings is 1. The quantitative estimate of drug-likeness (QED) is 0.299. The van der Waals surface area contributed by atoms with Gasteiger partial charge >= 0.3 is 0 Å². The highest BCUT2D eigenvalue weighted by molar-refractivity contribution is 7.99. The van der Waals surface area contributed by atoms with Gasteiger partial charge in [0.25, 0.3) is 0 Å². The fraction of sp³-hybridized carbons (Fsp3) is 0.200. The number of hydrogen-bond acceptors (Lipinski definition) is 8. The van der Waals surface area contributed by atoms with Crippen LogP contribution >= 0.6 is 23.1 Å². The minimum Gasteiger partial charge on any atom is -0.497 e. The minimum atomic E-state index is -0.110. The summed E-state index contributed by atoms with van der Waals surface area (Å²) in [7, 11) is 1.65. The van der Waals surface area contributed by atoms with Gasteiger partial charge in [0.2, 0.25) is 5.91 Å². The van der Waals surface area contributed by atoms with Gasteiger partial charge in [0.15, 0.2) is 0 Å². The van der Waals surface area contributed by atoms with Crippen LogP contribution in [0, 0.1) is 6.92 Å². The summed E-state index contributed by atoms with van der Waals surface area (Å²) in [5.74, 6) is 1.69. The number of ether oxygens (including phenoxy) is 2. The lowest BCUT2D eigenvalue weighted by atomic mass is 10.2. The van der Waals surface area contributed by atoms with Crippen molar-refractivity contribution in [3.05, 3.63) is 66.4 Å². The Bertz CT molecular complexity index is 1260. The third kappa shape index (κ3) is 5.92. The molecule has 174 valence electrons. The lowest BCUT2D eigenvalue weighted by Gasteiger charge is -2.07. The largest absolute Gasteiger partial charge is 0.497 e. The molecule has 7 nitrogen and oxygen atoms in total. The standard InChI is InChI=1S/C25H24N4O3S2/c1-4-32-19-10-8-18(9-11-19)27-22(30)15-33-23-13-12-21(28-29-23)24-16(2)26-25(34-24)17-6-5-7-20(14-17)31-3/h5-14H,4,15H2,1-3H3,(H,27,30). The third-order valence-electron chi connectivity index (χ3n) is 4.79. The molecule has 0 bridgehead atoms.